The summed E-state index contributed by atoms with van der Waals surface area (Å²) in [7, 11) is 0. The molecule has 6 nitrogen and oxygen atoms in total. The van der Waals surface area contributed by atoms with Gasteiger partial charge < -0.3 is 10.6 Å². The fraction of sp³-hybridized carbons (Fsp3) is 0.250. The summed E-state index contributed by atoms with van der Waals surface area (Å²) in [5, 5.41) is 7.67. The second kappa shape index (κ2) is 2.28. The van der Waals surface area contributed by atoms with Crippen LogP contribution in [0.15, 0.2) is 38.4 Å². The van der Waals surface area contributed by atoms with Gasteiger partial charge in [-0.3, -0.25) is 9.79 Å². The van der Waals surface area contributed by atoms with Crippen molar-refractivity contribution in [3.05, 3.63) is 23.2 Å². The Kier molecular flexibility index (Phi) is 1.21. The zero-order valence-electron chi connectivity index (χ0n) is 7.21. The molecule has 70 valence electrons. The highest BCUT2D eigenvalue weighted by Crippen LogP contribution is 2.35. The summed E-state index contributed by atoms with van der Waals surface area (Å²) in [6.07, 6.45) is 3.27. The van der Waals surface area contributed by atoms with Crippen LogP contribution in [0.4, 0.5) is 0 Å². The number of carbonyl (C=O) groups excluding carboxylic acids is 1. The second-order valence-electron chi connectivity index (χ2n) is 3.29. The Morgan fingerprint density at radius 1 is 1.64 bits per heavy atom. The lowest BCUT2D eigenvalue weighted by atomic mass is 10.0. The van der Waals surface area contributed by atoms with Gasteiger partial charge >= 0.3 is 0 Å². The van der Waals surface area contributed by atoms with E-state index >= 15 is 0 Å². The third kappa shape index (κ3) is 0.748. The van der Waals surface area contributed by atoms with Crippen LogP contribution >= 0.6 is 0 Å². The van der Waals surface area contributed by atoms with Gasteiger partial charge in [-0.1, -0.05) is 0 Å². The number of aliphatic imine (C=N–C) groups is 1. The topological polar surface area (TPSA) is 83.4 Å². The summed E-state index contributed by atoms with van der Waals surface area (Å²) < 4.78 is 0. The van der Waals surface area contributed by atoms with E-state index in [1.807, 2.05) is 0 Å². The quantitative estimate of drug-likeness (QED) is 0.617. The molecule has 3 heterocycles. The van der Waals surface area contributed by atoms with Crippen molar-refractivity contribution in [1.29, 1.82) is 0 Å². The zero-order chi connectivity index (χ0) is 9.71. The summed E-state index contributed by atoms with van der Waals surface area (Å²) in [5.74, 6) is -0.487. The standard InChI is InChI=1S/C8H7N5O/c9-8(14)7-6-4(1-11-12-6)5-2-13(7)3-10-5/h1,3,5H,2H2,(H2,9,14). The number of fused-ring (bicyclic) bond motifs is 4. The molecule has 0 aromatic carbocycles. The summed E-state index contributed by atoms with van der Waals surface area (Å²) >= 11 is 0. The monoisotopic (exact) mass is 189 g/mol. The van der Waals surface area contributed by atoms with E-state index in [1.54, 1.807) is 17.4 Å². The Morgan fingerprint density at radius 3 is 3.29 bits per heavy atom. The first-order valence-corrected chi connectivity index (χ1v) is 4.22. The van der Waals surface area contributed by atoms with Gasteiger partial charge in [0.05, 0.1) is 25.1 Å². The molecular weight excluding hydrogens is 182 g/mol. The minimum absolute atomic E-state index is 0.0584. The molecule has 3 aliphatic rings. The number of rotatable bonds is 1. The Morgan fingerprint density at radius 2 is 2.50 bits per heavy atom. The van der Waals surface area contributed by atoms with E-state index in [2.05, 4.69) is 15.2 Å². The third-order valence-electron chi connectivity index (χ3n) is 2.49. The molecule has 0 aliphatic carbocycles. The molecule has 2 N–H and O–H groups in total. The first-order valence-electron chi connectivity index (χ1n) is 4.22. The zero-order valence-corrected chi connectivity index (χ0v) is 7.21. The molecule has 6 heteroatoms. The third-order valence-corrected chi connectivity index (χ3v) is 2.49. The molecule has 0 spiro atoms. The molecule has 0 aromatic heterocycles. The van der Waals surface area contributed by atoms with Crippen molar-refractivity contribution < 1.29 is 4.79 Å². The normalized spacial score (nSPS) is 27.0. The van der Waals surface area contributed by atoms with Crippen LogP contribution < -0.4 is 5.73 Å². The molecule has 14 heavy (non-hydrogen) atoms. The Bertz CT molecular complexity index is 445. The fourth-order valence-corrected chi connectivity index (χ4v) is 1.86. The van der Waals surface area contributed by atoms with E-state index in [-0.39, 0.29) is 6.04 Å². The molecule has 3 aliphatic heterocycles. The van der Waals surface area contributed by atoms with Crippen molar-refractivity contribution in [2.45, 2.75) is 6.04 Å². The van der Waals surface area contributed by atoms with Crippen molar-refractivity contribution in [3.8, 4) is 0 Å². The average Bonchev–Trinajstić information content (AvgIpc) is 2.73. The molecule has 1 amide bonds. The molecule has 2 bridgehead atoms. The fourth-order valence-electron chi connectivity index (χ4n) is 1.86. The summed E-state index contributed by atoms with van der Waals surface area (Å²) in [6.45, 7) is 0.665. The first kappa shape index (κ1) is 7.43. The number of azo groups is 1. The molecule has 0 aromatic rings. The predicted molar refractivity (Wildman–Crippen MR) is 48.1 cm³/mol. The van der Waals surface area contributed by atoms with Gasteiger partial charge in [0.2, 0.25) is 0 Å². The maximum Gasteiger partial charge on any atom is 0.267 e. The molecular formula is C8H7N5O. The Hall–Kier alpha value is -1.98. The van der Waals surface area contributed by atoms with Gasteiger partial charge in [0, 0.05) is 5.57 Å². The Balaban J connectivity index is 2.23. The summed E-state index contributed by atoms with van der Waals surface area (Å²) in [6, 6.07) is 0.0584. The van der Waals surface area contributed by atoms with Gasteiger partial charge in [-0.25, -0.2) is 0 Å². The largest absolute Gasteiger partial charge is 0.364 e. The first-order chi connectivity index (χ1) is 6.77. The number of hydrogen-bond donors (Lipinski definition) is 1. The van der Waals surface area contributed by atoms with Crippen molar-refractivity contribution >= 4 is 12.2 Å². The van der Waals surface area contributed by atoms with Crippen LogP contribution in [0.1, 0.15) is 0 Å². The van der Waals surface area contributed by atoms with Crippen LogP contribution in [-0.2, 0) is 4.79 Å². The molecule has 0 fully saturated rings. The molecule has 1 atom stereocenters. The predicted octanol–water partition coefficient (Wildman–Crippen LogP) is -0.241. The van der Waals surface area contributed by atoms with Crippen LogP contribution in [0.5, 0.6) is 0 Å². The molecule has 1 unspecified atom stereocenters. The van der Waals surface area contributed by atoms with Crippen LogP contribution in [0.3, 0.4) is 0 Å². The maximum atomic E-state index is 11.2. The van der Waals surface area contributed by atoms with E-state index in [1.165, 1.54) is 0 Å². The maximum absolute atomic E-state index is 11.2. The van der Waals surface area contributed by atoms with Gasteiger partial charge in [-0.05, 0) is 0 Å². The smallest absolute Gasteiger partial charge is 0.267 e. The van der Waals surface area contributed by atoms with Crippen LogP contribution in [0.2, 0.25) is 0 Å². The SMILES string of the molecule is NC(=O)C1=C2N=NC=C2C2CN1C=N2. The van der Waals surface area contributed by atoms with E-state index in [0.29, 0.717) is 17.9 Å². The number of amides is 1. The van der Waals surface area contributed by atoms with Crippen molar-refractivity contribution in [1.82, 2.24) is 4.90 Å². The summed E-state index contributed by atoms with van der Waals surface area (Å²) in [4.78, 5) is 17.2. The number of primary amides is 1. The minimum atomic E-state index is -0.487. The van der Waals surface area contributed by atoms with Crippen LogP contribution in [0.25, 0.3) is 0 Å². The van der Waals surface area contributed by atoms with E-state index in [4.69, 9.17) is 5.73 Å². The lowest BCUT2D eigenvalue weighted by Crippen LogP contribution is -2.36. The highest BCUT2D eigenvalue weighted by atomic mass is 16.1. The highest BCUT2D eigenvalue weighted by molar-refractivity contribution is 5.96. The average molecular weight is 189 g/mol. The lowest BCUT2D eigenvalue weighted by Gasteiger charge is -2.24. The van der Waals surface area contributed by atoms with E-state index < -0.39 is 5.91 Å². The van der Waals surface area contributed by atoms with Gasteiger partial charge in [0.1, 0.15) is 11.4 Å². The highest BCUT2D eigenvalue weighted by Gasteiger charge is 2.37. The molecule has 0 radical (unpaired) electrons. The van der Waals surface area contributed by atoms with Crippen LogP contribution in [-0.4, -0.2) is 29.7 Å². The van der Waals surface area contributed by atoms with Crippen LogP contribution in [0, 0.1) is 0 Å². The van der Waals surface area contributed by atoms with Gasteiger partial charge in [0.25, 0.3) is 5.91 Å². The van der Waals surface area contributed by atoms with E-state index in [9.17, 15) is 4.79 Å². The number of nitrogens with zero attached hydrogens (tertiary/aromatic N) is 4. The summed E-state index contributed by atoms with van der Waals surface area (Å²) in [5.41, 5.74) is 7.14. The molecule has 0 saturated carbocycles. The lowest BCUT2D eigenvalue weighted by molar-refractivity contribution is -0.115. The Labute approximate surface area is 79.5 Å². The molecule has 0 saturated heterocycles. The molecule has 3 rings (SSSR count). The van der Waals surface area contributed by atoms with Crippen molar-refractivity contribution in [2.24, 2.45) is 21.0 Å². The number of carbonyl (C=O) groups is 1. The van der Waals surface area contributed by atoms with Gasteiger partial charge in [0.15, 0.2) is 0 Å². The van der Waals surface area contributed by atoms with Crippen molar-refractivity contribution in [3.63, 3.8) is 0 Å². The van der Waals surface area contributed by atoms with Gasteiger partial charge in [-0.2, -0.15) is 5.11 Å². The number of hydrogen-bond acceptors (Lipinski definition) is 5. The second-order valence-corrected chi connectivity index (χ2v) is 3.29. The number of nitrogens with two attached hydrogens (primary N) is 1. The van der Waals surface area contributed by atoms with Gasteiger partial charge in [-0.15, -0.1) is 5.11 Å². The van der Waals surface area contributed by atoms with Crippen molar-refractivity contribution in [2.75, 3.05) is 6.54 Å². The minimum Gasteiger partial charge on any atom is -0.364 e. The van der Waals surface area contributed by atoms with E-state index in [0.717, 1.165) is 5.57 Å².